The molecule has 0 aliphatic carbocycles. The van der Waals surface area contributed by atoms with Crippen molar-refractivity contribution in [3.8, 4) is 0 Å². The number of aromatic nitrogens is 2. The van der Waals surface area contributed by atoms with Crippen molar-refractivity contribution < 1.29 is 9.84 Å². The van der Waals surface area contributed by atoms with E-state index < -0.39 is 0 Å². The molecule has 1 aliphatic rings. The van der Waals surface area contributed by atoms with E-state index in [1.807, 2.05) is 11.7 Å². The highest BCUT2D eigenvalue weighted by Gasteiger charge is 2.24. The van der Waals surface area contributed by atoms with Gasteiger partial charge in [-0.3, -0.25) is 14.5 Å². The summed E-state index contributed by atoms with van der Waals surface area (Å²) in [5, 5.41) is 15.0. The maximum atomic E-state index is 10.5. The summed E-state index contributed by atoms with van der Waals surface area (Å²) in [6.07, 6.45) is 2.21. The van der Waals surface area contributed by atoms with Crippen molar-refractivity contribution in [2.45, 2.75) is 58.5 Å². The van der Waals surface area contributed by atoms with E-state index in [1.165, 1.54) is 5.56 Å². The van der Waals surface area contributed by atoms with Crippen molar-refractivity contribution in [2.24, 2.45) is 7.05 Å². The fourth-order valence-corrected chi connectivity index (χ4v) is 3.67. The third-order valence-corrected chi connectivity index (χ3v) is 4.41. The molecular formula is C18H34N4O2. The number of nitrogens with zero attached hydrogens (tertiary/aromatic N) is 4. The predicted molar refractivity (Wildman–Crippen MR) is 96.1 cm³/mol. The van der Waals surface area contributed by atoms with E-state index in [0.29, 0.717) is 19.0 Å². The summed E-state index contributed by atoms with van der Waals surface area (Å²) in [6.45, 7) is 12.5. The summed E-state index contributed by atoms with van der Waals surface area (Å²) in [7, 11) is 4.02. The largest absolute Gasteiger partial charge is 0.390 e. The first kappa shape index (κ1) is 19.4. The Kier molecular flexibility index (Phi) is 6.80. The summed E-state index contributed by atoms with van der Waals surface area (Å²) in [5.41, 5.74) is 2.39. The van der Waals surface area contributed by atoms with Crippen LogP contribution in [0.4, 0.5) is 0 Å². The SMILES string of the molecule is CC1CN(CC(O)CN(C)Cc2cn(C)nc2C(C)C)CC(C)O1. The molecule has 3 unspecified atom stereocenters. The molecule has 0 aromatic carbocycles. The van der Waals surface area contributed by atoms with Gasteiger partial charge in [0.2, 0.25) is 0 Å². The predicted octanol–water partition coefficient (Wildman–Crippen LogP) is 1.45. The number of morpholine rings is 1. The van der Waals surface area contributed by atoms with Gasteiger partial charge in [0.1, 0.15) is 0 Å². The topological polar surface area (TPSA) is 53.8 Å². The lowest BCUT2D eigenvalue weighted by Gasteiger charge is -2.36. The third kappa shape index (κ3) is 5.55. The number of aryl methyl sites for hydroxylation is 1. The molecule has 1 aromatic heterocycles. The van der Waals surface area contributed by atoms with Crippen molar-refractivity contribution in [3.05, 3.63) is 17.5 Å². The van der Waals surface area contributed by atoms with Gasteiger partial charge in [0, 0.05) is 51.5 Å². The van der Waals surface area contributed by atoms with Gasteiger partial charge < -0.3 is 9.84 Å². The molecule has 2 heterocycles. The van der Waals surface area contributed by atoms with Gasteiger partial charge in [0.25, 0.3) is 0 Å². The zero-order valence-electron chi connectivity index (χ0n) is 16.1. The second-order valence-electron chi connectivity index (χ2n) is 7.69. The monoisotopic (exact) mass is 338 g/mol. The third-order valence-electron chi connectivity index (χ3n) is 4.41. The van der Waals surface area contributed by atoms with Gasteiger partial charge >= 0.3 is 0 Å². The van der Waals surface area contributed by atoms with E-state index in [9.17, 15) is 5.11 Å². The molecule has 1 saturated heterocycles. The first-order valence-corrected chi connectivity index (χ1v) is 9.01. The van der Waals surface area contributed by atoms with E-state index in [2.05, 4.69) is 55.8 Å². The molecule has 0 radical (unpaired) electrons. The molecule has 3 atom stereocenters. The Hall–Kier alpha value is -0.950. The Bertz CT molecular complexity index is 507. The minimum atomic E-state index is -0.355. The highest BCUT2D eigenvalue weighted by molar-refractivity contribution is 5.20. The molecule has 138 valence electrons. The lowest BCUT2D eigenvalue weighted by molar-refractivity contribution is -0.0777. The maximum Gasteiger partial charge on any atom is 0.0793 e. The van der Waals surface area contributed by atoms with Gasteiger partial charge in [0.05, 0.1) is 24.0 Å². The Morgan fingerprint density at radius 2 is 1.96 bits per heavy atom. The summed E-state index contributed by atoms with van der Waals surface area (Å²) < 4.78 is 7.63. The van der Waals surface area contributed by atoms with Crippen LogP contribution in [0.2, 0.25) is 0 Å². The minimum Gasteiger partial charge on any atom is -0.390 e. The average molecular weight is 338 g/mol. The molecular weight excluding hydrogens is 304 g/mol. The van der Waals surface area contributed by atoms with Crippen LogP contribution in [-0.4, -0.2) is 76.2 Å². The Morgan fingerprint density at radius 3 is 2.54 bits per heavy atom. The van der Waals surface area contributed by atoms with Crippen LogP contribution >= 0.6 is 0 Å². The van der Waals surface area contributed by atoms with Crippen LogP contribution < -0.4 is 0 Å². The second kappa shape index (κ2) is 8.43. The summed E-state index contributed by atoms with van der Waals surface area (Å²) in [4.78, 5) is 4.49. The standard InChI is InChI=1S/C18H34N4O2/c1-13(2)18-16(10-21(6)19-18)9-20(5)11-17(23)12-22-7-14(3)24-15(4)8-22/h10,13-15,17,23H,7-9,11-12H2,1-6H3. The van der Waals surface area contributed by atoms with Gasteiger partial charge in [0.15, 0.2) is 0 Å². The van der Waals surface area contributed by atoms with Crippen LogP contribution in [0, 0.1) is 0 Å². The van der Waals surface area contributed by atoms with E-state index in [4.69, 9.17) is 4.74 Å². The second-order valence-corrected chi connectivity index (χ2v) is 7.69. The zero-order valence-corrected chi connectivity index (χ0v) is 16.1. The quantitative estimate of drug-likeness (QED) is 0.815. The molecule has 6 nitrogen and oxygen atoms in total. The van der Waals surface area contributed by atoms with Crippen LogP contribution in [0.5, 0.6) is 0 Å². The van der Waals surface area contributed by atoms with Gasteiger partial charge in [-0.15, -0.1) is 0 Å². The Balaban J connectivity index is 1.84. The van der Waals surface area contributed by atoms with E-state index >= 15 is 0 Å². The van der Waals surface area contributed by atoms with Crippen LogP contribution in [0.1, 0.15) is 44.9 Å². The number of hydrogen-bond acceptors (Lipinski definition) is 5. The smallest absolute Gasteiger partial charge is 0.0793 e. The summed E-state index contributed by atoms with van der Waals surface area (Å²) in [5.74, 6) is 0.413. The van der Waals surface area contributed by atoms with Gasteiger partial charge in [-0.05, 0) is 26.8 Å². The number of aliphatic hydroxyl groups excluding tert-OH is 1. The van der Waals surface area contributed by atoms with Crippen molar-refractivity contribution in [1.82, 2.24) is 19.6 Å². The lowest BCUT2D eigenvalue weighted by Crippen LogP contribution is -2.49. The number of aliphatic hydroxyl groups is 1. The fraction of sp³-hybridized carbons (Fsp3) is 0.833. The molecule has 6 heteroatoms. The van der Waals surface area contributed by atoms with Crippen LogP contribution in [-0.2, 0) is 18.3 Å². The average Bonchev–Trinajstić information content (AvgIpc) is 2.77. The molecule has 1 N–H and O–H groups in total. The first-order valence-electron chi connectivity index (χ1n) is 9.01. The van der Waals surface area contributed by atoms with Gasteiger partial charge in [-0.1, -0.05) is 13.8 Å². The van der Waals surface area contributed by atoms with E-state index in [1.54, 1.807) is 0 Å². The number of ether oxygens (including phenoxy) is 1. The number of rotatable bonds is 7. The number of β-amino-alcohol motifs (C(OH)–C–C–N with tert-alkyl or cyclic N) is 1. The van der Waals surface area contributed by atoms with Crippen LogP contribution in [0.3, 0.4) is 0 Å². The molecule has 1 aromatic rings. The first-order chi connectivity index (χ1) is 11.2. The van der Waals surface area contributed by atoms with Crippen molar-refractivity contribution in [1.29, 1.82) is 0 Å². The van der Waals surface area contributed by atoms with Crippen LogP contribution in [0.15, 0.2) is 6.20 Å². The highest BCUT2D eigenvalue weighted by Crippen LogP contribution is 2.18. The van der Waals surface area contributed by atoms with E-state index in [0.717, 1.165) is 25.3 Å². The van der Waals surface area contributed by atoms with Crippen molar-refractivity contribution >= 4 is 0 Å². The normalized spacial score (nSPS) is 24.0. The molecule has 0 amide bonds. The zero-order chi connectivity index (χ0) is 17.9. The molecule has 0 bridgehead atoms. The maximum absolute atomic E-state index is 10.5. The van der Waals surface area contributed by atoms with E-state index in [-0.39, 0.29) is 18.3 Å². The molecule has 1 fully saturated rings. The molecule has 24 heavy (non-hydrogen) atoms. The molecule has 2 rings (SSSR count). The fourth-order valence-electron chi connectivity index (χ4n) is 3.67. The lowest BCUT2D eigenvalue weighted by atomic mass is 10.1. The molecule has 0 saturated carbocycles. The van der Waals surface area contributed by atoms with Gasteiger partial charge in [-0.2, -0.15) is 5.10 Å². The highest BCUT2D eigenvalue weighted by atomic mass is 16.5. The molecule has 0 spiro atoms. The van der Waals surface area contributed by atoms with Crippen molar-refractivity contribution in [2.75, 3.05) is 33.2 Å². The van der Waals surface area contributed by atoms with Gasteiger partial charge in [-0.25, -0.2) is 0 Å². The summed E-state index contributed by atoms with van der Waals surface area (Å²) >= 11 is 0. The number of hydrogen-bond donors (Lipinski definition) is 1. The summed E-state index contributed by atoms with van der Waals surface area (Å²) in [6, 6.07) is 0. The van der Waals surface area contributed by atoms with Crippen molar-refractivity contribution in [3.63, 3.8) is 0 Å². The van der Waals surface area contributed by atoms with Crippen LogP contribution in [0.25, 0.3) is 0 Å². The Morgan fingerprint density at radius 1 is 1.33 bits per heavy atom. The minimum absolute atomic E-state index is 0.239. The number of likely N-dealkylation sites (N-methyl/N-ethyl adjacent to an activating group) is 1. The molecule has 1 aliphatic heterocycles. The Labute approximate surface area is 146 Å².